The summed E-state index contributed by atoms with van der Waals surface area (Å²) in [7, 11) is 1.67. The molecule has 2 aromatic rings. The van der Waals surface area contributed by atoms with E-state index in [4.69, 9.17) is 21.2 Å². The topological polar surface area (TPSA) is 107 Å². The van der Waals surface area contributed by atoms with Crippen molar-refractivity contribution in [3.63, 3.8) is 0 Å². The molecule has 4 N–H and O–H groups in total. The number of hydrogen-bond donors (Lipinski definition) is 2. The number of fused-ring (bicyclic) bond motifs is 1. The maximum Gasteiger partial charge on any atom is 0.192 e. The quantitative estimate of drug-likeness (QED) is 0.554. The molecular weight excluding hydrogens is 416 g/mol. The van der Waals surface area contributed by atoms with Gasteiger partial charge in [0.2, 0.25) is 0 Å². The number of ether oxygens (including phenoxy) is 1. The maximum absolute atomic E-state index is 14.2. The van der Waals surface area contributed by atoms with Gasteiger partial charge < -0.3 is 20.8 Å². The van der Waals surface area contributed by atoms with Gasteiger partial charge in [-0.15, -0.1) is 0 Å². The fourth-order valence-corrected chi connectivity index (χ4v) is 4.57. The molecule has 3 heterocycles. The van der Waals surface area contributed by atoms with Gasteiger partial charge in [0.1, 0.15) is 17.7 Å². The molecule has 0 bridgehead atoms. The lowest BCUT2D eigenvalue weighted by molar-refractivity contribution is -0.0535. The average Bonchev–Trinajstić information content (AvgIpc) is 3.31. The number of aliphatic imine (C=N–C) groups is 2. The molecule has 10 heteroatoms. The number of halogens is 2. The Morgan fingerprint density at radius 3 is 2.75 bits per heavy atom. The van der Waals surface area contributed by atoms with E-state index in [9.17, 15) is 8.78 Å². The minimum absolute atomic E-state index is 0.0597. The predicted octanol–water partition coefficient (Wildman–Crippen LogP) is 2.11. The van der Waals surface area contributed by atoms with Crippen molar-refractivity contribution in [3.05, 3.63) is 52.6 Å². The van der Waals surface area contributed by atoms with Crippen molar-refractivity contribution in [2.24, 2.45) is 21.5 Å². The number of nitrogens with zero attached hydrogens (tertiary/aromatic N) is 5. The van der Waals surface area contributed by atoms with Crippen LogP contribution in [0.2, 0.25) is 0 Å². The van der Waals surface area contributed by atoms with Crippen molar-refractivity contribution in [1.82, 2.24) is 14.5 Å². The van der Waals surface area contributed by atoms with Gasteiger partial charge in [-0.25, -0.2) is 18.8 Å². The van der Waals surface area contributed by atoms with Crippen LogP contribution in [-0.4, -0.2) is 51.9 Å². The third-order valence-electron chi connectivity index (χ3n) is 6.05. The number of aromatic nitrogens is 2. The van der Waals surface area contributed by atoms with E-state index in [0.717, 1.165) is 30.1 Å². The van der Waals surface area contributed by atoms with Gasteiger partial charge in [-0.05, 0) is 38.5 Å². The predicted molar refractivity (Wildman–Crippen MR) is 118 cm³/mol. The number of amidine groups is 2. The second-order valence-corrected chi connectivity index (χ2v) is 8.25. The highest BCUT2D eigenvalue weighted by Gasteiger charge is 2.38. The molecule has 0 saturated carbocycles. The SMILES string of the molecule is CCn1c(C(N=C(C)N)=NC)nc2c1CN(C1CO[C@H](c3cc(F)ccc3F)C(N)C1)C2. The Balaban J connectivity index is 1.49. The van der Waals surface area contributed by atoms with Crippen LogP contribution in [-0.2, 0) is 24.4 Å². The monoisotopic (exact) mass is 445 g/mol. The summed E-state index contributed by atoms with van der Waals surface area (Å²) in [5.41, 5.74) is 14.4. The summed E-state index contributed by atoms with van der Waals surface area (Å²) in [5.74, 6) is 0.641. The first-order valence-electron chi connectivity index (χ1n) is 10.7. The molecule has 1 saturated heterocycles. The minimum atomic E-state index is -0.665. The van der Waals surface area contributed by atoms with Crippen molar-refractivity contribution in [3.8, 4) is 0 Å². The lowest BCUT2D eigenvalue weighted by atomic mass is 9.93. The van der Waals surface area contributed by atoms with Gasteiger partial charge in [0.15, 0.2) is 11.7 Å². The Kier molecular flexibility index (Phi) is 6.36. The Labute approximate surface area is 186 Å². The zero-order valence-electron chi connectivity index (χ0n) is 18.6. The van der Waals surface area contributed by atoms with Gasteiger partial charge in [0.05, 0.1) is 23.8 Å². The van der Waals surface area contributed by atoms with Gasteiger partial charge >= 0.3 is 0 Å². The van der Waals surface area contributed by atoms with E-state index in [1.807, 2.05) is 0 Å². The molecule has 3 atom stereocenters. The first-order chi connectivity index (χ1) is 15.3. The summed E-state index contributed by atoms with van der Waals surface area (Å²) in [6, 6.07) is 2.99. The first-order valence-corrected chi connectivity index (χ1v) is 10.7. The molecule has 0 amide bonds. The van der Waals surface area contributed by atoms with Crippen LogP contribution in [0.1, 0.15) is 49.1 Å². The standard InChI is InChI=1S/C22H29F2N7O/c1-4-31-19-10-30(9-18(19)29-22(31)21(27-3)28-12(2)25)14-8-17(26)20(32-11-14)15-7-13(23)5-6-16(15)24/h5-7,14,17,20H,4,8-11,26H2,1-3H3,(H2,25,27,28)/t14?,17?,20-/m1/s1. The third-order valence-corrected chi connectivity index (χ3v) is 6.05. The number of benzene rings is 1. The van der Waals surface area contributed by atoms with Crippen molar-refractivity contribution in [1.29, 1.82) is 0 Å². The molecule has 2 unspecified atom stereocenters. The molecule has 1 aromatic carbocycles. The summed E-state index contributed by atoms with van der Waals surface area (Å²) in [6.07, 6.45) is -0.0517. The summed E-state index contributed by atoms with van der Waals surface area (Å²) in [5, 5.41) is 0. The van der Waals surface area contributed by atoms with Gasteiger partial charge in [-0.2, -0.15) is 0 Å². The van der Waals surface area contributed by atoms with E-state index in [1.54, 1.807) is 14.0 Å². The number of rotatable bonds is 4. The Morgan fingerprint density at radius 1 is 1.31 bits per heavy atom. The second-order valence-electron chi connectivity index (χ2n) is 8.25. The van der Waals surface area contributed by atoms with Gasteiger partial charge in [0.25, 0.3) is 0 Å². The Hall–Kier alpha value is -2.69. The van der Waals surface area contributed by atoms with E-state index in [2.05, 4.69) is 26.4 Å². The third kappa shape index (κ3) is 4.17. The molecule has 2 aliphatic rings. The van der Waals surface area contributed by atoms with Crippen LogP contribution >= 0.6 is 0 Å². The summed E-state index contributed by atoms with van der Waals surface area (Å²) in [6.45, 7) is 6.23. The molecule has 1 aromatic heterocycles. The van der Waals surface area contributed by atoms with Crippen LogP contribution in [0.25, 0.3) is 0 Å². The fraction of sp³-hybridized carbons (Fsp3) is 0.500. The Bertz CT molecular complexity index is 1060. The second kappa shape index (κ2) is 9.05. The lowest BCUT2D eigenvalue weighted by Gasteiger charge is -2.38. The average molecular weight is 446 g/mol. The largest absolute Gasteiger partial charge is 0.387 e. The number of nitrogens with two attached hydrogens (primary N) is 2. The zero-order valence-corrected chi connectivity index (χ0v) is 18.6. The van der Waals surface area contributed by atoms with Crippen molar-refractivity contribution < 1.29 is 13.5 Å². The van der Waals surface area contributed by atoms with E-state index in [0.29, 0.717) is 43.6 Å². The van der Waals surface area contributed by atoms with E-state index >= 15 is 0 Å². The van der Waals surface area contributed by atoms with Crippen molar-refractivity contribution >= 4 is 11.7 Å². The molecule has 0 radical (unpaired) electrons. The van der Waals surface area contributed by atoms with Crippen LogP contribution < -0.4 is 11.5 Å². The maximum atomic E-state index is 14.2. The minimum Gasteiger partial charge on any atom is -0.387 e. The zero-order chi connectivity index (χ0) is 23.0. The van der Waals surface area contributed by atoms with Crippen LogP contribution in [0.4, 0.5) is 8.78 Å². The molecule has 0 aliphatic carbocycles. The highest BCUT2D eigenvalue weighted by atomic mass is 19.1. The van der Waals surface area contributed by atoms with Crippen LogP contribution in [0.5, 0.6) is 0 Å². The fourth-order valence-electron chi connectivity index (χ4n) is 4.57. The molecule has 0 spiro atoms. The van der Waals surface area contributed by atoms with E-state index < -0.39 is 23.8 Å². The summed E-state index contributed by atoms with van der Waals surface area (Å²) in [4.78, 5) is 15.6. The highest BCUT2D eigenvalue weighted by molar-refractivity contribution is 6.03. The number of imidazole rings is 1. The van der Waals surface area contributed by atoms with Gasteiger partial charge in [0, 0.05) is 44.3 Å². The summed E-state index contributed by atoms with van der Waals surface area (Å²) >= 11 is 0. The normalized spacial score (nSPS) is 24.8. The summed E-state index contributed by atoms with van der Waals surface area (Å²) < 4.78 is 35.9. The highest BCUT2D eigenvalue weighted by Crippen LogP contribution is 2.34. The molecule has 8 nitrogen and oxygen atoms in total. The van der Waals surface area contributed by atoms with Crippen molar-refractivity contribution in [2.45, 2.75) is 58.1 Å². The first kappa shape index (κ1) is 22.5. The van der Waals surface area contributed by atoms with Crippen LogP contribution in [0, 0.1) is 11.6 Å². The van der Waals surface area contributed by atoms with E-state index in [1.165, 1.54) is 6.07 Å². The van der Waals surface area contributed by atoms with Gasteiger partial charge in [-0.1, -0.05) is 0 Å². The van der Waals surface area contributed by atoms with Gasteiger partial charge in [-0.3, -0.25) is 9.89 Å². The molecular formula is C22H29F2N7O. The molecule has 172 valence electrons. The molecule has 32 heavy (non-hydrogen) atoms. The van der Waals surface area contributed by atoms with E-state index in [-0.39, 0.29) is 11.6 Å². The molecule has 4 rings (SSSR count). The smallest absolute Gasteiger partial charge is 0.192 e. The van der Waals surface area contributed by atoms with Crippen molar-refractivity contribution in [2.75, 3.05) is 13.7 Å². The molecule has 2 aliphatic heterocycles. The van der Waals surface area contributed by atoms with Crippen LogP contribution in [0.3, 0.4) is 0 Å². The lowest BCUT2D eigenvalue weighted by Crippen LogP contribution is -2.48. The number of hydrogen-bond acceptors (Lipinski definition) is 5. The molecule has 1 fully saturated rings. The van der Waals surface area contributed by atoms with Crippen LogP contribution in [0.15, 0.2) is 28.2 Å². The Morgan fingerprint density at radius 2 is 2.09 bits per heavy atom.